The average Bonchev–Trinajstić information content (AvgIpc) is 2.92. The molecule has 9 nitrogen and oxygen atoms in total. The minimum atomic E-state index is -2.09. The number of carbonyl (C=O) groups excluding carboxylic acids is 3. The third-order valence-corrected chi connectivity index (χ3v) is 12.9. The van der Waals surface area contributed by atoms with Crippen molar-refractivity contribution in [3.05, 3.63) is 60.2 Å². The van der Waals surface area contributed by atoms with Crippen LogP contribution in [-0.2, 0) is 23.8 Å². The van der Waals surface area contributed by atoms with Crippen LogP contribution in [0.15, 0.2) is 54.6 Å². The number of aliphatic hydroxyl groups excluding tert-OH is 1. The number of carbonyl (C=O) groups is 3. The molecule has 4 fully saturated rings. The number of ether oxygens (including phenoxy) is 3. The van der Waals surface area contributed by atoms with Gasteiger partial charge in [0.25, 0.3) is 0 Å². The number of esters is 2. The Bertz CT molecular complexity index is 1440. The minimum absolute atomic E-state index is 0.115. The molecule has 1 aliphatic heterocycles. The Morgan fingerprint density at radius 1 is 0.977 bits per heavy atom. The maximum Gasteiger partial charge on any atom is 0.338 e. The second kappa shape index (κ2) is 9.58. The lowest BCUT2D eigenvalue weighted by atomic mass is 9.36. The molecular weight excluding hydrogens is 564 g/mol. The van der Waals surface area contributed by atoms with E-state index in [4.69, 9.17) is 14.2 Å². The van der Waals surface area contributed by atoms with Gasteiger partial charge in [-0.15, -0.1) is 0 Å². The highest BCUT2D eigenvalue weighted by molar-refractivity contribution is 5.90. The summed E-state index contributed by atoms with van der Waals surface area (Å²) < 4.78 is 18.5. The number of aliphatic hydroxyl groups is 3. The number of hydrogen-bond donors (Lipinski definition) is 3. The third kappa shape index (κ3) is 3.76. The highest BCUT2D eigenvalue weighted by atomic mass is 16.6. The molecule has 3 N–H and O–H groups in total. The largest absolute Gasteiger partial charge is 0.455 e. The lowest BCUT2D eigenvalue weighted by Gasteiger charge is -2.72. The van der Waals surface area contributed by atoms with Crippen molar-refractivity contribution in [2.24, 2.45) is 27.6 Å². The zero-order chi connectivity index (χ0) is 33.1. The van der Waals surface area contributed by atoms with Crippen LogP contribution in [0, 0.1) is 27.6 Å². The van der Waals surface area contributed by atoms with Crippen molar-refractivity contribution >= 4 is 17.7 Å². The molecule has 0 amide bonds. The lowest BCUT2D eigenvalue weighted by Crippen LogP contribution is -2.81. The average molecular weight is 611 g/mol. The number of benzene rings is 1. The van der Waals surface area contributed by atoms with Crippen molar-refractivity contribution in [2.75, 3.05) is 6.61 Å². The normalized spacial score (nSPS) is 44.1. The number of hydrogen-bond acceptors (Lipinski definition) is 9. The molecular formula is C35H46O9. The summed E-state index contributed by atoms with van der Waals surface area (Å²) in [7, 11) is 0. The fourth-order valence-electron chi connectivity index (χ4n) is 9.33. The quantitative estimate of drug-likeness (QED) is 0.434. The molecule has 3 saturated carbocycles. The number of rotatable bonds is 3. The molecule has 3 aliphatic carbocycles. The summed E-state index contributed by atoms with van der Waals surface area (Å²) in [5, 5.41) is 37.6. The Balaban J connectivity index is 1.90. The Kier molecular flexibility index (Phi) is 7.08. The summed E-state index contributed by atoms with van der Waals surface area (Å²) in [6.45, 7) is 21.7. The van der Waals surface area contributed by atoms with Gasteiger partial charge in [0.2, 0.25) is 0 Å². The summed E-state index contributed by atoms with van der Waals surface area (Å²) in [5.74, 6) is -3.01. The number of ketones is 1. The molecule has 1 aromatic rings. The van der Waals surface area contributed by atoms with Gasteiger partial charge in [-0.25, -0.2) is 4.79 Å². The Morgan fingerprint density at radius 3 is 2.09 bits per heavy atom. The first kappa shape index (κ1) is 32.5. The Labute approximate surface area is 259 Å². The minimum Gasteiger partial charge on any atom is -0.455 e. The van der Waals surface area contributed by atoms with Gasteiger partial charge in [-0.05, 0) is 30.2 Å². The molecule has 1 heterocycles. The number of Topliss-reactive ketones (excluding diaryl/α,β-unsaturated/α-hetero) is 1. The molecule has 44 heavy (non-hydrogen) atoms. The van der Waals surface area contributed by atoms with E-state index < -0.39 is 80.4 Å². The molecule has 3 unspecified atom stereocenters. The van der Waals surface area contributed by atoms with Gasteiger partial charge in [-0.2, -0.15) is 0 Å². The van der Waals surface area contributed by atoms with E-state index in [0.29, 0.717) is 11.1 Å². The first-order valence-electron chi connectivity index (χ1n) is 15.2. The van der Waals surface area contributed by atoms with E-state index in [2.05, 4.69) is 13.2 Å². The van der Waals surface area contributed by atoms with Crippen LogP contribution in [0.25, 0.3) is 0 Å². The molecule has 2 bridgehead atoms. The summed E-state index contributed by atoms with van der Waals surface area (Å²) in [6, 6.07) is 8.30. The molecule has 9 atom stereocenters. The second-order valence-corrected chi connectivity index (χ2v) is 15.2. The van der Waals surface area contributed by atoms with Gasteiger partial charge in [0, 0.05) is 41.4 Å². The monoisotopic (exact) mass is 610 g/mol. The molecule has 0 spiro atoms. The van der Waals surface area contributed by atoms with Gasteiger partial charge in [0.05, 0.1) is 23.7 Å². The van der Waals surface area contributed by atoms with E-state index in [0.717, 1.165) is 0 Å². The van der Waals surface area contributed by atoms with Crippen LogP contribution in [0.2, 0.25) is 0 Å². The molecule has 9 heteroatoms. The van der Waals surface area contributed by atoms with Gasteiger partial charge >= 0.3 is 11.9 Å². The van der Waals surface area contributed by atoms with Gasteiger partial charge < -0.3 is 29.5 Å². The highest BCUT2D eigenvalue weighted by Gasteiger charge is 2.80. The van der Waals surface area contributed by atoms with Crippen LogP contribution in [0.1, 0.15) is 78.6 Å². The van der Waals surface area contributed by atoms with E-state index in [9.17, 15) is 29.7 Å². The van der Waals surface area contributed by atoms with Crippen LogP contribution in [0.4, 0.5) is 0 Å². The molecule has 240 valence electrons. The van der Waals surface area contributed by atoms with Gasteiger partial charge in [-0.3, -0.25) is 9.59 Å². The van der Waals surface area contributed by atoms with Crippen molar-refractivity contribution in [1.29, 1.82) is 0 Å². The molecule has 4 aliphatic rings. The first-order chi connectivity index (χ1) is 20.1. The Morgan fingerprint density at radius 2 is 1.57 bits per heavy atom. The Hall–Kier alpha value is -2.85. The van der Waals surface area contributed by atoms with E-state index in [-0.39, 0.29) is 25.0 Å². The van der Waals surface area contributed by atoms with Crippen molar-refractivity contribution < 1.29 is 43.9 Å². The van der Waals surface area contributed by atoms with Crippen molar-refractivity contribution in [3.63, 3.8) is 0 Å². The fraction of sp³-hybridized carbons (Fsp3) is 0.629. The van der Waals surface area contributed by atoms with E-state index in [1.54, 1.807) is 78.8 Å². The zero-order valence-electron chi connectivity index (χ0n) is 27.0. The maximum absolute atomic E-state index is 14.4. The summed E-state index contributed by atoms with van der Waals surface area (Å²) >= 11 is 0. The van der Waals surface area contributed by atoms with Crippen LogP contribution >= 0.6 is 0 Å². The van der Waals surface area contributed by atoms with Crippen molar-refractivity contribution in [1.82, 2.24) is 0 Å². The van der Waals surface area contributed by atoms with Crippen molar-refractivity contribution in [3.8, 4) is 0 Å². The zero-order valence-corrected chi connectivity index (χ0v) is 27.0. The fourth-order valence-corrected chi connectivity index (χ4v) is 9.33. The van der Waals surface area contributed by atoms with E-state index in [1.165, 1.54) is 6.92 Å². The first-order valence-corrected chi connectivity index (χ1v) is 15.2. The predicted molar refractivity (Wildman–Crippen MR) is 161 cm³/mol. The van der Waals surface area contributed by atoms with Crippen LogP contribution < -0.4 is 0 Å². The maximum atomic E-state index is 14.4. The standard InChI is InChI=1S/C35H46O9/c1-19-20(2)31(8)16-23(37)25(38)33(10)29(4,5)32(9,40)17-35(41,30(33,6)7)27(43-28(39)22-14-12-11-13-15-22)24(31)34(44-21(3)36)18-42-26(19)34/h11-15,24-27,38,40-41H,1-2,16-18H2,3-10H3/t24?,25-,26+,27?,31+,32?,33-,34+,35+/m0/s1. The molecule has 0 radical (unpaired) electrons. The molecule has 1 aromatic carbocycles. The van der Waals surface area contributed by atoms with E-state index >= 15 is 0 Å². The SMILES string of the molecule is C=C1C(=C)[C@@]2(C)CC(=O)[C@H](O)[C@@]3(C)C(C)(C)C(C)(O)C[C@@](O)(C(OC(=O)c4ccccc4)C2[C@]2(OC(C)=O)CO[C@H]12)C3(C)C. The second-order valence-electron chi connectivity index (χ2n) is 15.2. The van der Waals surface area contributed by atoms with E-state index in [1.807, 2.05) is 0 Å². The number of fused-ring (bicyclic) bond motifs is 5. The lowest BCUT2D eigenvalue weighted by molar-refractivity contribution is -0.349. The summed E-state index contributed by atoms with van der Waals surface area (Å²) in [6.07, 6.45) is -4.58. The summed E-state index contributed by atoms with van der Waals surface area (Å²) in [5.41, 5.74) is -9.54. The summed E-state index contributed by atoms with van der Waals surface area (Å²) in [4.78, 5) is 41.1. The third-order valence-electron chi connectivity index (χ3n) is 12.9. The molecule has 5 rings (SSSR count). The predicted octanol–water partition coefficient (Wildman–Crippen LogP) is 3.94. The van der Waals surface area contributed by atoms with Crippen LogP contribution in [-0.4, -0.2) is 74.8 Å². The topological polar surface area (TPSA) is 140 Å². The van der Waals surface area contributed by atoms with Gasteiger partial charge in [0.1, 0.15) is 23.9 Å². The van der Waals surface area contributed by atoms with Gasteiger partial charge in [-0.1, -0.05) is 72.9 Å². The highest BCUT2D eigenvalue weighted by Crippen LogP contribution is 2.72. The van der Waals surface area contributed by atoms with Gasteiger partial charge in [0.15, 0.2) is 11.4 Å². The molecule has 1 saturated heterocycles. The van der Waals surface area contributed by atoms with Crippen LogP contribution in [0.5, 0.6) is 0 Å². The van der Waals surface area contributed by atoms with Crippen molar-refractivity contribution in [2.45, 2.75) is 103 Å². The smallest absolute Gasteiger partial charge is 0.338 e. The molecule has 0 aromatic heterocycles. The van der Waals surface area contributed by atoms with Crippen LogP contribution in [0.3, 0.4) is 0 Å².